The molecule has 0 radical (unpaired) electrons. The van der Waals surface area contributed by atoms with Crippen LogP contribution in [0.2, 0.25) is 0 Å². The first-order chi connectivity index (χ1) is 5.04. The van der Waals surface area contributed by atoms with Gasteiger partial charge in [-0.1, -0.05) is 0 Å². The summed E-state index contributed by atoms with van der Waals surface area (Å²) in [6.07, 6.45) is -0.372. The van der Waals surface area contributed by atoms with Gasteiger partial charge in [0, 0.05) is 6.04 Å². The number of nitrogen functional groups attached to an aromatic ring is 1. The standard InChI is InChI=1S/C5H6N2O/c6-4-1-2-5(8)7-3-4/h1-3H,6H2,(H,7,8)/i1D,2D,3D. The highest BCUT2D eigenvalue weighted by Crippen LogP contribution is 2.04. The predicted octanol–water partition coefficient (Wildman–Crippen LogP) is 0.369. The molecule has 0 aliphatic heterocycles. The zero-order valence-corrected chi connectivity index (χ0v) is 3.97. The lowest BCUT2D eigenvalue weighted by Gasteiger charge is -1.88. The number of pyridine rings is 1. The fourth-order valence-electron chi connectivity index (χ4n) is 0.292. The number of hydrogen-bond donors (Lipinski definition) is 2. The van der Waals surface area contributed by atoms with Gasteiger partial charge < -0.3 is 10.8 Å². The Morgan fingerprint density at radius 2 is 2.50 bits per heavy atom. The molecular formula is C5H6N2O. The summed E-state index contributed by atoms with van der Waals surface area (Å²) in [7, 11) is 0. The second kappa shape index (κ2) is 1.69. The summed E-state index contributed by atoms with van der Waals surface area (Å²) in [5.41, 5.74) is 5.00. The van der Waals surface area contributed by atoms with Crippen LogP contribution in [0.5, 0.6) is 5.88 Å². The molecule has 0 saturated carbocycles. The van der Waals surface area contributed by atoms with Gasteiger partial charge in [-0.2, -0.15) is 0 Å². The third-order valence-electron chi connectivity index (χ3n) is 0.591. The van der Waals surface area contributed by atoms with Gasteiger partial charge >= 0.3 is 0 Å². The first-order valence-corrected chi connectivity index (χ1v) is 1.96. The second-order valence-corrected chi connectivity index (χ2v) is 1.21. The summed E-state index contributed by atoms with van der Waals surface area (Å²) < 4.78 is 21.1. The number of anilines is 1. The van der Waals surface area contributed by atoms with Gasteiger partial charge in [0.05, 0.1) is 16.0 Å². The fourth-order valence-corrected chi connectivity index (χ4v) is 0.292. The molecule has 0 atom stereocenters. The third-order valence-corrected chi connectivity index (χ3v) is 0.591. The van der Waals surface area contributed by atoms with E-state index in [9.17, 15) is 0 Å². The summed E-state index contributed by atoms with van der Waals surface area (Å²) in [6.45, 7) is 0. The number of aromatic nitrogens is 1. The summed E-state index contributed by atoms with van der Waals surface area (Å²) in [5, 5.41) is 8.81. The molecule has 1 rings (SSSR count). The van der Waals surface area contributed by atoms with Crippen LogP contribution in [-0.2, 0) is 0 Å². The molecule has 3 nitrogen and oxygen atoms in total. The van der Waals surface area contributed by atoms with Crippen LogP contribution in [0, 0.1) is 0 Å². The number of nitrogens with two attached hydrogens (primary N) is 1. The first-order valence-electron chi connectivity index (χ1n) is 3.46. The highest BCUT2D eigenvalue weighted by Gasteiger charge is 1.84. The Balaban J connectivity index is 3.46. The highest BCUT2D eigenvalue weighted by atomic mass is 16.3. The number of nitrogens with zero attached hydrogens (tertiary/aromatic N) is 1. The molecule has 0 saturated heterocycles. The SMILES string of the molecule is [2H]c1nc(O)c([2H])c([2H])c1N. The van der Waals surface area contributed by atoms with Crippen molar-refractivity contribution in [3.8, 4) is 5.88 Å². The Bertz CT molecular complexity index is 276. The third kappa shape index (κ3) is 0.872. The quantitative estimate of drug-likeness (QED) is 0.511. The summed E-state index contributed by atoms with van der Waals surface area (Å²) in [4.78, 5) is 3.22. The van der Waals surface area contributed by atoms with E-state index in [4.69, 9.17) is 15.0 Å². The monoisotopic (exact) mass is 113 g/mol. The Hall–Kier alpha value is -1.25. The Morgan fingerprint density at radius 3 is 3.25 bits per heavy atom. The smallest absolute Gasteiger partial charge is 0.210 e. The maximum Gasteiger partial charge on any atom is 0.210 e. The van der Waals surface area contributed by atoms with E-state index in [1.165, 1.54) is 0 Å². The summed E-state index contributed by atoms with van der Waals surface area (Å²) in [6, 6.07) is -0.805. The molecule has 8 heavy (non-hydrogen) atoms. The average molecular weight is 113 g/mol. The Kier molecular flexibility index (Phi) is 0.497. The van der Waals surface area contributed by atoms with Crippen LogP contribution in [0.15, 0.2) is 18.3 Å². The van der Waals surface area contributed by atoms with Gasteiger partial charge in [-0.05, 0) is 6.04 Å². The van der Waals surface area contributed by atoms with Gasteiger partial charge in [0.25, 0.3) is 0 Å². The lowest BCUT2D eigenvalue weighted by atomic mass is 10.4. The van der Waals surface area contributed by atoms with Crippen molar-refractivity contribution in [3.05, 3.63) is 18.3 Å². The van der Waals surface area contributed by atoms with Crippen LogP contribution in [0.3, 0.4) is 0 Å². The molecule has 3 N–H and O–H groups in total. The van der Waals surface area contributed by atoms with Gasteiger partial charge in [0.1, 0.15) is 0 Å². The van der Waals surface area contributed by atoms with Crippen LogP contribution >= 0.6 is 0 Å². The van der Waals surface area contributed by atoms with Crippen molar-refractivity contribution in [2.24, 2.45) is 0 Å². The van der Waals surface area contributed by atoms with Crippen molar-refractivity contribution in [1.29, 1.82) is 0 Å². The van der Waals surface area contributed by atoms with Gasteiger partial charge in [0.2, 0.25) is 5.88 Å². The molecule has 0 spiro atoms. The molecule has 0 unspecified atom stereocenters. The molecule has 0 aliphatic rings. The van der Waals surface area contributed by atoms with Gasteiger partial charge in [-0.3, -0.25) is 0 Å². The Labute approximate surface area is 51.0 Å². The first kappa shape index (κ1) is 2.35. The van der Waals surface area contributed by atoms with Crippen LogP contribution in [-0.4, -0.2) is 10.1 Å². The van der Waals surface area contributed by atoms with Crippen molar-refractivity contribution in [2.45, 2.75) is 0 Å². The van der Waals surface area contributed by atoms with Crippen LogP contribution < -0.4 is 5.73 Å². The fraction of sp³-hybridized carbons (Fsp3) is 0. The number of rotatable bonds is 0. The average Bonchev–Trinajstić information content (AvgIpc) is 1.97. The molecule has 42 valence electrons. The second-order valence-electron chi connectivity index (χ2n) is 1.21. The topological polar surface area (TPSA) is 59.1 Å². The largest absolute Gasteiger partial charge is 0.493 e. The Morgan fingerprint density at radius 1 is 1.75 bits per heavy atom. The normalized spacial score (nSPS) is 14.2. The van der Waals surface area contributed by atoms with Gasteiger partial charge in [-0.15, -0.1) is 0 Å². The highest BCUT2D eigenvalue weighted by molar-refractivity contribution is 5.35. The van der Waals surface area contributed by atoms with Crippen LogP contribution in [0.25, 0.3) is 0 Å². The number of hydrogen-bond acceptors (Lipinski definition) is 3. The molecule has 0 amide bonds. The van der Waals surface area contributed by atoms with Gasteiger partial charge in [0.15, 0.2) is 0 Å². The maximum atomic E-state index is 8.81. The van der Waals surface area contributed by atoms with E-state index in [2.05, 4.69) is 4.98 Å². The number of aromatic hydroxyl groups is 1. The van der Waals surface area contributed by atoms with Gasteiger partial charge in [-0.25, -0.2) is 4.98 Å². The lowest BCUT2D eigenvalue weighted by Crippen LogP contribution is -1.83. The van der Waals surface area contributed by atoms with Crippen molar-refractivity contribution >= 4 is 5.69 Å². The zero-order valence-electron chi connectivity index (χ0n) is 6.97. The van der Waals surface area contributed by atoms with Crippen molar-refractivity contribution in [1.82, 2.24) is 4.98 Å². The van der Waals surface area contributed by atoms with Crippen LogP contribution in [0.4, 0.5) is 5.69 Å². The molecule has 0 bridgehead atoms. The molecular weight excluding hydrogens is 104 g/mol. The minimum absolute atomic E-state index is 0.187. The van der Waals surface area contributed by atoms with E-state index in [0.29, 0.717) is 0 Å². The molecule has 1 aromatic rings. The van der Waals surface area contributed by atoms with Crippen LogP contribution in [0.1, 0.15) is 4.11 Å². The van der Waals surface area contributed by atoms with Crippen molar-refractivity contribution < 1.29 is 9.22 Å². The van der Waals surface area contributed by atoms with Crippen molar-refractivity contribution in [2.75, 3.05) is 5.73 Å². The van der Waals surface area contributed by atoms with E-state index in [-0.39, 0.29) is 17.9 Å². The van der Waals surface area contributed by atoms with Crippen molar-refractivity contribution in [3.63, 3.8) is 0 Å². The van der Waals surface area contributed by atoms with E-state index in [0.717, 1.165) is 0 Å². The van der Waals surface area contributed by atoms with E-state index < -0.39 is 11.9 Å². The molecule has 0 aromatic carbocycles. The summed E-state index contributed by atoms with van der Waals surface area (Å²) in [5.74, 6) is -0.630. The van der Waals surface area contributed by atoms with E-state index >= 15 is 0 Å². The molecule has 1 aromatic heterocycles. The minimum atomic E-state index is -0.630. The zero-order chi connectivity index (χ0) is 8.59. The predicted molar refractivity (Wildman–Crippen MR) is 30.3 cm³/mol. The lowest BCUT2D eigenvalue weighted by molar-refractivity contribution is 0.453. The minimum Gasteiger partial charge on any atom is -0.493 e. The van der Waals surface area contributed by atoms with E-state index in [1.807, 2.05) is 0 Å². The molecule has 0 fully saturated rings. The molecule has 3 heteroatoms. The summed E-state index contributed by atoms with van der Waals surface area (Å²) >= 11 is 0. The van der Waals surface area contributed by atoms with E-state index in [1.54, 1.807) is 0 Å². The maximum absolute atomic E-state index is 8.81. The molecule has 1 heterocycles. The molecule has 0 aliphatic carbocycles.